The minimum atomic E-state index is 0.00332. The minimum Gasteiger partial charge on any atom is -0.309 e. The highest BCUT2D eigenvalue weighted by Gasteiger charge is 2.20. The minimum absolute atomic E-state index is 0.00332. The number of halogens is 1. The smallest absolute Gasteiger partial charge is 0.225 e. The number of benzene rings is 1. The molecule has 1 N–H and O–H groups in total. The molecule has 2 heterocycles. The fourth-order valence-corrected chi connectivity index (χ4v) is 3.90. The van der Waals surface area contributed by atoms with E-state index in [0.717, 1.165) is 17.5 Å². The molecule has 1 fully saturated rings. The Kier molecular flexibility index (Phi) is 4.89. The highest BCUT2D eigenvalue weighted by Crippen LogP contribution is 2.33. The molecule has 6 heteroatoms. The second-order valence-corrected chi connectivity index (χ2v) is 7.30. The maximum atomic E-state index is 12.5. The van der Waals surface area contributed by atoms with E-state index in [1.54, 1.807) is 10.7 Å². The van der Waals surface area contributed by atoms with Crippen molar-refractivity contribution in [3.63, 3.8) is 0 Å². The molecule has 3 aromatic rings. The van der Waals surface area contributed by atoms with Gasteiger partial charge in [-0.2, -0.15) is 0 Å². The predicted octanol–water partition coefficient (Wildman–Crippen LogP) is 4.96. The summed E-state index contributed by atoms with van der Waals surface area (Å²) in [6.07, 6.45) is 10.1. The molecular formula is C20H21ClN4O. The van der Waals surface area contributed by atoms with Gasteiger partial charge in [-0.1, -0.05) is 49.4 Å². The Morgan fingerprint density at radius 2 is 2.12 bits per heavy atom. The average molecular weight is 369 g/mol. The molecule has 1 saturated carbocycles. The summed E-state index contributed by atoms with van der Waals surface area (Å²) in [4.78, 5) is 16.9. The Hall–Kier alpha value is -2.40. The van der Waals surface area contributed by atoms with Crippen LogP contribution in [0.2, 0.25) is 5.02 Å². The molecule has 1 aliphatic carbocycles. The van der Waals surface area contributed by atoms with Crippen LogP contribution in [-0.2, 0) is 4.79 Å². The average Bonchev–Trinajstić information content (AvgIpc) is 3.27. The van der Waals surface area contributed by atoms with Gasteiger partial charge < -0.3 is 5.32 Å². The van der Waals surface area contributed by atoms with Crippen LogP contribution >= 0.6 is 11.6 Å². The summed E-state index contributed by atoms with van der Waals surface area (Å²) in [5.41, 5.74) is 2.38. The number of nitrogens with zero attached hydrogens (tertiary/aromatic N) is 3. The fourth-order valence-electron chi connectivity index (χ4n) is 3.71. The summed E-state index contributed by atoms with van der Waals surface area (Å²) in [6, 6.07) is 9.33. The highest BCUT2D eigenvalue weighted by atomic mass is 35.5. The van der Waals surface area contributed by atoms with Gasteiger partial charge in [-0.25, -0.2) is 9.50 Å². The molecular weight excluding hydrogens is 348 g/mol. The van der Waals surface area contributed by atoms with Gasteiger partial charge >= 0.3 is 0 Å². The zero-order valence-electron chi connectivity index (χ0n) is 14.5. The summed E-state index contributed by atoms with van der Waals surface area (Å²) in [5.74, 6) is 1.22. The zero-order valence-corrected chi connectivity index (χ0v) is 15.2. The second kappa shape index (κ2) is 7.46. The Morgan fingerprint density at radius 3 is 2.92 bits per heavy atom. The van der Waals surface area contributed by atoms with Crippen LogP contribution in [0.5, 0.6) is 0 Å². The van der Waals surface area contributed by atoms with Gasteiger partial charge in [0.1, 0.15) is 0 Å². The van der Waals surface area contributed by atoms with Gasteiger partial charge in [0.2, 0.25) is 5.91 Å². The van der Waals surface area contributed by atoms with Crippen molar-refractivity contribution in [1.29, 1.82) is 0 Å². The van der Waals surface area contributed by atoms with Gasteiger partial charge in [0.05, 0.1) is 5.56 Å². The number of rotatable bonds is 5. The van der Waals surface area contributed by atoms with Crippen molar-refractivity contribution in [1.82, 2.24) is 14.6 Å². The molecule has 1 aromatic carbocycles. The first-order valence-corrected chi connectivity index (χ1v) is 9.47. The molecule has 134 valence electrons. The van der Waals surface area contributed by atoms with E-state index in [1.807, 2.05) is 36.5 Å². The van der Waals surface area contributed by atoms with Gasteiger partial charge in [-0.05, 0) is 36.1 Å². The molecule has 0 saturated heterocycles. The number of fused-ring (bicyclic) bond motifs is 1. The van der Waals surface area contributed by atoms with Crippen molar-refractivity contribution in [3.05, 3.63) is 47.7 Å². The van der Waals surface area contributed by atoms with E-state index >= 15 is 0 Å². The number of anilines is 1. The molecule has 5 nitrogen and oxygen atoms in total. The maximum Gasteiger partial charge on any atom is 0.225 e. The lowest BCUT2D eigenvalue weighted by molar-refractivity contribution is -0.116. The first-order valence-electron chi connectivity index (χ1n) is 9.10. The molecule has 0 aliphatic heterocycles. The molecule has 0 radical (unpaired) electrons. The van der Waals surface area contributed by atoms with Crippen LogP contribution in [0.4, 0.5) is 5.82 Å². The van der Waals surface area contributed by atoms with Crippen LogP contribution in [0.3, 0.4) is 0 Å². The van der Waals surface area contributed by atoms with Crippen molar-refractivity contribution in [2.75, 3.05) is 5.32 Å². The van der Waals surface area contributed by atoms with E-state index in [-0.39, 0.29) is 5.91 Å². The highest BCUT2D eigenvalue weighted by molar-refractivity contribution is 6.30. The molecule has 1 aliphatic rings. The zero-order chi connectivity index (χ0) is 17.9. The molecule has 0 atom stereocenters. The first-order chi connectivity index (χ1) is 12.7. The largest absolute Gasteiger partial charge is 0.309 e. The van der Waals surface area contributed by atoms with Crippen molar-refractivity contribution in [2.45, 2.75) is 38.5 Å². The van der Waals surface area contributed by atoms with Crippen molar-refractivity contribution in [2.24, 2.45) is 5.92 Å². The van der Waals surface area contributed by atoms with Crippen LogP contribution in [0.1, 0.15) is 38.5 Å². The number of nitrogens with one attached hydrogen (secondary N) is 1. The van der Waals surface area contributed by atoms with Crippen LogP contribution in [0.15, 0.2) is 42.7 Å². The van der Waals surface area contributed by atoms with E-state index in [4.69, 9.17) is 11.6 Å². The number of amides is 1. The number of carbonyl (C=O) groups is 1. The second-order valence-electron chi connectivity index (χ2n) is 6.86. The van der Waals surface area contributed by atoms with Gasteiger partial charge in [0, 0.05) is 23.8 Å². The van der Waals surface area contributed by atoms with E-state index in [9.17, 15) is 4.79 Å². The van der Waals surface area contributed by atoms with Crippen LogP contribution in [-0.4, -0.2) is 20.5 Å². The number of aromatic nitrogens is 3. The number of hydrogen-bond donors (Lipinski definition) is 1. The topological polar surface area (TPSA) is 59.3 Å². The summed E-state index contributed by atoms with van der Waals surface area (Å²) in [7, 11) is 0. The molecule has 0 spiro atoms. The van der Waals surface area contributed by atoms with Crippen LogP contribution < -0.4 is 5.32 Å². The van der Waals surface area contributed by atoms with Gasteiger partial charge in [0.25, 0.3) is 0 Å². The Labute approximate surface area is 157 Å². The number of hydrogen-bond acceptors (Lipinski definition) is 3. The Bertz CT molecular complexity index is 930. The summed E-state index contributed by atoms with van der Waals surface area (Å²) in [6.45, 7) is 0. The first kappa shape index (κ1) is 17.0. The number of carbonyl (C=O) groups excluding carboxylic acids is 1. The SMILES string of the molecule is O=C(CCC1CCCC1)Nc1nn2cccnc2c1-c1cccc(Cl)c1. The third-order valence-electron chi connectivity index (χ3n) is 5.02. The van der Waals surface area contributed by atoms with Crippen molar-refractivity contribution in [3.8, 4) is 11.1 Å². The monoisotopic (exact) mass is 368 g/mol. The molecule has 26 heavy (non-hydrogen) atoms. The van der Waals surface area contributed by atoms with Gasteiger partial charge in [-0.15, -0.1) is 5.10 Å². The normalized spacial score (nSPS) is 14.8. The third kappa shape index (κ3) is 3.58. The van der Waals surface area contributed by atoms with E-state index < -0.39 is 0 Å². The third-order valence-corrected chi connectivity index (χ3v) is 5.26. The summed E-state index contributed by atoms with van der Waals surface area (Å²) >= 11 is 6.16. The lowest BCUT2D eigenvalue weighted by atomic mass is 10.0. The predicted molar refractivity (Wildman–Crippen MR) is 103 cm³/mol. The Morgan fingerprint density at radius 1 is 1.27 bits per heavy atom. The molecule has 1 amide bonds. The van der Waals surface area contributed by atoms with E-state index in [1.165, 1.54) is 25.7 Å². The maximum absolute atomic E-state index is 12.5. The molecule has 4 rings (SSSR count). The summed E-state index contributed by atoms with van der Waals surface area (Å²) in [5, 5.41) is 8.14. The van der Waals surface area contributed by atoms with E-state index in [2.05, 4.69) is 15.4 Å². The van der Waals surface area contributed by atoms with Crippen LogP contribution in [0, 0.1) is 5.92 Å². The van der Waals surface area contributed by atoms with Gasteiger partial charge in [0.15, 0.2) is 11.5 Å². The van der Waals surface area contributed by atoms with Crippen molar-refractivity contribution >= 4 is 29.0 Å². The standard InChI is InChI=1S/C20H21ClN4O/c21-16-8-3-7-15(13-16)18-19(24-25-12-4-11-22-20(18)25)23-17(26)10-9-14-5-1-2-6-14/h3-4,7-8,11-14H,1-2,5-6,9-10H2,(H,23,24,26). The Balaban J connectivity index is 1.61. The summed E-state index contributed by atoms with van der Waals surface area (Å²) < 4.78 is 1.68. The molecule has 0 unspecified atom stereocenters. The van der Waals surface area contributed by atoms with Gasteiger partial charge in [-0.3, -0.25) is 4.79 Å². The molecule has 2 aromatic heterocycles. The lowest BCUT2D eigenvalue weighted by Gasteiger charge is -2.09. The van der Waals surface area contributed by atoms with Crippen molar-refractivity contribution < 1.29 is 4.79 Å². The quantitative estimate of drug-likeness (QED) is 0.692. The fraction of sp³-hybridized carbons (Fsp3) is 0.350. The molecule has 0 bridgehead atoms. The lowest BCUT2D eigenvalue weighted by Crippen LogP contribution is -2.13. The van der Waals surface area contributed by atoms with Crippen LogP contribution in [0.25, 0.3) is 16.8 Å². The van der Waals surface area contributed by atoms with E-state index in [0.29, 0.717) is 28.8 Å².